The molecule has 0 fully saturated rings. The summed E-state index contributed by atoms with van der Waals surface area (Å²) in [4.78, 5) is 0. The van der Waals surface area contributed by atoms with Gasteiger partial charge in [-0.1, -0.05) is 0 Å². The summed E-state index contributed by atoms with van der Waals surface area (Å²) >= 11 is -1.60. The second kappa shape index (κ2) is 8.82. The van der Waals surface area contributed by atoms with Crippen molar-refractivity contribution >= 4 is 44.4 Å². The third-order valence-corrected chi connectivity index (χ3v) is 24.9. The molecule has 1 atom stereocenters. The minimum atomic E-state index is -1.60. The van der Waals surface area contributed by atoms with E-state index in [1.54, 1.807) is 10.8 Å². The normalized spacial score (nSPS) is 18.1. The van der Waals surface area contributed by atoms with Gasteiger partial charge in [-0.2, -0.15) is 0 Å². The fourth-order valence-electron chi connectivity index (χ4n) is 3.57. The Balaban J connectivity index is 0.00000144. The molecule has 0 saturated heterocycles. The first-order chi connectivity index (χ1) is 10.4. The monoisotopic (exact) mass is 472 g/mol. The van der Waals surface area contributed by atoms with Crippen LogP contribution in [0, 0.1) is 0 Å². The molecule has 0 bridgehead atoms. The Hall–Kier alpha value is 0.337. The molecule has 0 heterocycles. The van der Waals surface area contributed by atoms with E-state index in [9.17, 15) is 0 Å². The number of rotatable bonds is 3. The smallest absolute Gasteiger partial charge is 0.147 e. The molecule has 0 saturated carbocycles. The summed E-state index contributed by atoms with van der Waals surface area (Å²) in [5.74, 6) is 0. The summed E-state index contributed by atoms with van der Waals surface area (Å²) in [5, 5.41) is 1.71. The molecule has 5 heteroatoms. The van der Waals surface area contributed by atoms with Crippen LogP contribution in [0.15, 0.2) is 51.0 Å². The van der Waals surface area contributed by atoms with Crippen LogP contribution in [0.25, 0.3) is 6.08 Å². The van der Waals surface area contributed by atoms with Crippen molar-refractivity contribution < 1.29 is 20.4 Å². The van der Waals surface area contributed by atoms with Crippen LogP contribution >= 0.6 is 24.8 Å². The van der Waals surface area contributed by atoms with Gasteiger partial charge >= 0.3 is 145 Å². The Kier molecular flexibility index (Phi) is 8.22. The van der Waals surface area contributed by atoms with Crippen molar-refractivity contribution in [2.24, 2.45) is 0 Å². The number of fused-ring (bicyclic) bond motifs is 1. The molecular formula is C19H28Cl2Si2Zr. The fourth-order valence-corrected chi connectivity index (χ4v) is 23.0. The van der Waals surface area contributed by atoms with E-state index in [2.05, 4.69) is 81.3 Å². The van der Waals surface area contributed by atoms with E-state index in [1.165, 1.54) is 12.0 Å². The molecule has 0 amide bonds. The van der Waals surface area contributed by atoms with Crippen LogP contribution in [0.2, 0.25) is 32.7 Å². The van der Waals surface area contributed by atoms with E-state index >= 15 is 0 Å². The zero-order valence-electron chi connectivity index (χ0n) is 15.2. The summed E-state index contributed by atoms with van der Waals surface area (Å²) in [6.07, 6.45) is 11.4. The predicted molar refractivity (Wildman–Crippen MR) is 114 cm³/mol. The van der Waals surface area contributed by atoms with Crippen LogP contribution in [0.1, 0.15) is 21.2 Å². The zero-order valence-corrected chi connectivity index (χ0v) is 21.3. The molecule has 0 nitrogen and oxygen atoms in total. The third kappa shape index (κ3) is 4.54. The van der Waals surface area contributed by atoms with Crippen molar-refractivity contribution in [3.63, 3.8) is 0 Å². The fraction of sp³-hybridized carbons (Fsp3) is 0.368. The van der Waals surface area contributed by atoms with Gasteiger partial charge in [-0.3, -0.25) is 0 Å². The first-order valence-corrected chi connectivity index (χ1v) is 20.6. The first-order valence-electron chi connectivity index (χ1n) is 8.24. The molecule has 3 rings (SSSR count). The van der Waals surface area contributed by atoms with Crippen LogP contribution in [-0.2, 0) is 20.4 Å². The largest absolute Gasteiger partial charge is 0.147 e. The molecule has 2 aliphatic carbocycles. The van der Waals surface area contributed by atoms with Gasteiger partial charge in [-0.15, -0.1) is 24.8 Å². The molecule has 2 aliphatic rings. The van der Waals surface area contributed by atoms with Gasteiger partial charge in [-0.25, -0.2) is 0 Å². The Morgan fingerprint density at radius 1 is 1.08 bits per heavy atom. The zero-order chi connectivity index (χ0) is 15.9. The summed E-state index contributed by atoms with van der Waals surface area (Å²) < 4.78 is 2.69. The van der Waals surface area contributed by atoms with Gasteiger partial charge in [0.15, 0.2) is 0 Å². The van der Waals surface area contributed by atoms with Crippen molar-refractivity contribution in [2.75, 3.05) is 0 Å². The van der Waals surface area contributed by atoms with Gasteiger partial charge in [0.1, 0.15) is 0 Å². The van der Waals surface area contributed by atoms with Gasteiger partial charge in [0.05, 0.1) is 0 Å². The standard InChI is InChI=1S/C9H7.C8H13Si.C2H6Si.2ClH.Zr/c1-2-5-9-7-3-6-8(9)4-1;1-9(2,3)8-6-4-5-7-8;1-3-2;;;/h1-7H;6-7H,4H2,1-3H3;1-2H3;2*1H;. The number of hydrogen-bond donors (Lipinski definition) is 0. The third-order valence-electron chi connectivity index (χ3n) is 4.73. The van der Waals surface area contributed by atoms with E-state index in [0.29, 0.717) is 0 Å². The van der Waals surface area contributed by atoms with Gasteiger partial charge in [0.25, 0.3) is 0 Å². The Morgan fingerprint density at radius 2 is 1.75 bits per heavy atom. The van der Waals surface area contributed by atoms with Crippen molar-refractivity contribution in [2.45, 2.75) is 42.8 Å². The van der Waals surface area contributed by atoms with Crippen LogP contribution in [-0.4, -0.2) is 13.5 Å². The number of benzene rings is 1. The minimum absolute atomic E-state index is 0. The molecule has 0 aromatic heterocycles. The second-order valence-corrected chi connectivity index (χ2v) is 30.4. The van der Waals surface area contributed by atoms with Gasteiger partial charge in [0, 0.05) is 0 Å². The minimum Gasteiger partial charge on any atom is -0.147 e. The topological polar surface area (TPSA) is 0 Å². The average molecular weight is 475 g/mol. The summed E-state index contributed by atoms with van der Waals surface area (Å²) in [6, 6.07) is 9.08. The van der Waals surface area contributed by atoms with Gasteiger partial charge in [-0.05, 0) is 0 Å². The number of allylic oxidation sites excluding steroid dienone is 5. The van der Waals surface area contributed by atoms with Crippen LogP contribution < -0.4 is 0 Å². The van der Waals surface area contributed by atoms with Crippen molar-refractivity contribution in [3.8, 4) is 0 Å². The summed E-state index contributed by atoms with van der Waals surface area (Å²) in [5.41, 5.74) is 2.92. The quantitative estimate of drug-likeness (QED) is 0.435. The first kappa shape index (κ1) is 22.4. The maximum Gasteiger partial charge on any atom is -0.147 e. The maximum absolute atomic E-state index is 2.66. The van der Waals surface area contributed by atoms with Crippen molar-refractivity contribution in [3.05, 3.63) is 62.1 Å². The molecule has 0 spiro atoms. The molecule has 1 aromatic carbocycles. The molecule has 0 aliphatic heterocycles. The molecule has 0 radical (unpaired) electrons. The van der Waals surface area contributed by atoms with E-state index in [1.807, 2.05) is 3.28 Å². The Morgan fingerprint density at radius 3 is 2.33 bits per heavy atom. The number of hydrogen-bond acceptors (Lipinski definition) is 0. The van der Waals surface area contributed by atoms with Crippen molar-refractivity contribution in [1.82, 2.24) is 0 Å². The Bertz CT molecular complexity index is 736. The molecule has 0 N–H and O–H groups in total. The van der Waals surface area contributed by atoms with E-state index in [-0.39, 0.29) is 30.2 Å². The Labute approximate surface area is 168 Å². The average Bonchev–Trinajstić information content (AvgIpc) is 3.06. The molecule has 130 valence electrons. The van der Waals surface area contributed by atoms with Crippen LogP contribution in [0.3, 0.4) is 0 Å². The molecule has 1 aromatic rings. The number of halogens is 2. The maximum atomic E-state index is 2.66. The van der Waals surface area contributed by atoms with E-state index < -0.39 is 28.4 Å². The summed E-state index contributed by atoms with van der Waals surface area (Å²) in [6.45, 7) is 12.6. The molecule has 24 heavy (non-hydrogen) atoms. The van der Waals surface area contributed by atoms with Gasteiger partial charge in [0.2, 0.25) is 0 Å². The summed E-state index contributed by atoms with van der Waals surface area (Å²) in [7, 11) is -1.15. The second-order valence-electron chi connectivity index (χ2n) is 7.66. The van der Waals surface area contributed by atoms with Crippen LogP contribution in [0.4, 0.5) is 0 Å². The SMILES string of the molecule is C[Si](C)=[Zr]([C]1=CC([Si](C)(C)C)=CC1)[CH]1C=Cc2ccccc21.Cl.Cl. The van der Waals surface area contributed by atoms with E-state index in [0.717, 1.165) is 3.63 Å². The van der Waals surface area contributed by atoms with Crippen LogP contribution in [0.5, 0.6) is 0 Å². The van der Waals surface area contributed by atoms with Gasteiger partial charge < -0.3 is 0 Å². The van der Waals surface area contributed by atoms with Crippen molar-refractivity contribution in [1.29, 1.82) is 0 Å². The predicted octanol–water partition coefficient (Wildman–Crippen LogP) is 6.56. The molecular weight excluding hydrogens is 447 g/mol. The molecule has 1 unspecified atom stereocenters. The van der Waals surface area contributed by atoms with E-state index in [4.69, 9.17) is 0 Å².